The van der Waals surface area contributed by atoms with Crippen molar-refractivity contribution in [3.8, 4) is 6.07 Å². The van der Waals surface area contributed by atoms with Gasteiger partial charge in [-0.1, -0.05) is 17.7 Å². The Hall–Kier alpha value is -2.27. The van der Waals surface area contributed by atoms with Crippen LogP contribution in [0.15, 0.2) is 47.4 Å². The Labute approximate surface area is 149 Å². The van der Waals surface area contributed by atoms with Crippen LogP contribution in [0.2, 0.25) is 5.02 Å². The zero-order valence-corrected chi connectivity index (χ0v) is 14.4. The van der Waals surface area contributed by atoms with E-state index >= 15 is 0 Å². The van der Waals surface area contributed by atoms with Crippen LogP contribution in [0.4, 0.5) is 11.4 Å². The normalized spacial score (nSPS) is 10.7. The standard InChI is InChI=1S/C15H11Cl2N3O3S/c16-8-15(21)19-13-5-4-11(17)7-14(13)20-24(22,23)12-3-1-2-10(6-12)9-18/h1-7,20H,8H2,(H,19,21). The van der Waals surface area contributed by atoms with Gasteiger partial charge in [0.1, 0.15) is 5.88 Å². The van der Waals surface area contributed by atoms with Crippen molar-refractivity contribution in [3.63, 3.8) is 0 Å². The maximum Gasteiger partial charge on any atom is 0.262 e. The SMILES string of the molecule is N#Cc1cccc(S(=O)(=O)Nc2cc(Cl)ccc2NC(=O)CCl)c1. The van der Waals surface area contributed by atoms with Crippen LogP contribution >= 0.6 is 23.2 Å². The number of alkyl halides is 1. The highest BCUT2D eigenvalue weighted by atomic mass is 35.5. The number of hydrogen-bond acceptors (Lipinski definition) is 4. The van der Waals surface area contributed by atoms with Crippen molar-refractivity contribution in [1.82, 2.24) is 0 Å². The van der Waals surface area contributed by atoms with E-state index in [0.717, 1.165) is 0 Å². The largest absolute Gasteiger partial charge is 0.323 e. The molecule has 0 bridgehead atoms. The molecule has 6 nitrogen and oxygen atoms in total. The van der Waals surface area contributed by atoms with E-state index in [2.05, 4.69) is 10.0 Å². The minimum atomic E-state index is -3.97. The summed E-state index contributed by atoms with van der Waals surface area (Å²) in [5.41, 5.74) is 0.507. The first kappa shape index (κ1) is 18.1. The molecule has 2 aromatic carbocycles. The first-order chi connectivity index (χ1) is 11.4. The van der Waals surface area contributed by atoms with Crippen LogP contribution in [0.25, 0.3) is 0 Å². The van der Waals surface area contributed by atoms with Crippen LogP contribution in [0.1, 0.15) is 5.56 Å². The molecule has 2 aromatic rings. The number of benzene rings is 2. The van der Waals surface area contributed by atoms with Gasteiger partial charge in [-0.25, -0.2) is 8.42 Å². The summed E-state index contributed by atoms with van der Waals surface area (Å²) >= 11 is 11.3. The Morgan fingerprint density at radius 1 is 1.17 bits per heavy atom. The number of anilines is 2. The van der Waals surface area contributed by atoms with Crippen molar-refractivity contribution < 1.29 is 13.2 Å². The van der Waals surface area contributed by atoms with E-state index in [4.69, 9.17) is 28.5 Å². The molecule has 0 radical (unpaired) electrons. The molecular formula is C15H11Cl2N3O3S. The molecule has 2 rings (SSSR count). The molecule has 9 heteroatoms. The van der Waals surface area contributed by atoms with Crippen molar-refractivity contribution in [2.45, 2.75) is 4.90 Å². The van der Waals surface area contributed by atoms with Gasteiger partial charge in [-0.2, -0.15) is 5.26 Å². The molecule has 0 aromatic heterocycles. The minimum Gasteiger partial charge on any atom is -0.323 e. The second-order valence-electron chi connectivity index (χ2n) is 4.62. The molecule has 2 N–H and O–H groups in total. The molecule has 0 spiro atoms. The van der Waals surface area contributed by atoms with Crippen LogP contribution in [0.3, 0.4) is 0 Å². The number of amides is 1. The zero-order valence-electron chi connectivity index (χ0n) is 12.1. The van der Waals surface area contributed by atoms with Gasteiger partial charge in [0.25, 0.3) is 10.0 Å². The summed E-state index contributed by atoms with van der Waals surface area (Å²) in [5.74, 6) is -0.773. The van der Waals surface area contributed by atoms with Crippen LogP contribution in [-0.2, 0) is 14.8 Å². The molecule has 0 heterocycles. The third-order valence-electron chi connectivity index (χ3n) is 2.89. The maximum atomic E-state index is 12.5. The second kappa shape index (κ2) is 7.53. The van der Waals surface area contributed by atoms with Crippen molar-refractivity contribution in [1.29, 1.82) is 5.26 Å². The molecule has 0 saturated carbocycles. The van der Waals surface area contributed by atoms with Crippen molar-refractivity contribution in [3.05, 3.63) is 53.1 Å². The predicted molar refractivity (Wildman–Crippen MR) is 92.8 cm³/mol. The summed E-state index contributed by atoms with van der Waals surface area (Å²) in [4.78, 5) is 11.4. The van der Waals surface area contributed by atoms with Crippen LogP contribution in [0.5, 0.6) is 0 Å². The highest BCUT2D eigenvalue weighted by Crippen LogP contribution is 2.28. The van der Waals surface area contributed by atoms with Gasteiger partial charge in [0, 0.05) is 5.02 Å². The fourth-order valence-electron chi connectivity index (χ4n) is 1.83. The third kappa shape index (κ3) is 4.38. The molecule has 0 aliphatic rings. The van der Waals surface area contributed by atoms with E-state index in [0.29, 0.717) is 0 Å². The molecule has 24 heavy (non-hydrogen) atoms. The Balaban J connectivity index is 2.40. The predicted octanol–water partition coefficient (Wildman–Crippen LogP) is 3.19. The van der Waals surface area contributed by atoms with Crippen molar-refractivity contribution in [2.75, 3.05) is 15.9 Å². The molecule has 0 aliphatic carbocycles. The number of nitriles is 1. The third-order valence-corrected chi connectivity index (χ3v) is 4.74. The number of nitrogens with one attached hydrogen (secondary N) is 2. The van der Waals surface area contributed by atoms with Gasteiger partial charge in [0.05, 0.1) is 27.9 Å². The van der Waals surface area contributed by atoms with E-state index < -0.39 is 15.9 Å². The number of halogens is 2. The summed E-state index contributed by atoms with van der Waals surface area (Å²) in [6.07, 6.45) is 0. The second-order valence-corrected chi connectivity index (χ2v) is 7.00. The Morgan fingerprint density at radius 3 is 2.58 bits per heavy atom. The van der Waals surface area contributed by atoms with Crippen LogP contribution in [-0.4, -0.2) is 20.2 Å². The first-order valence-corrected chi connectivity index (χ1v) is 8.93. The van der Waals surface area contributed by atoms with E-state index in [1.54, 1.807) is 0 Å². The molecular weight excluding hydrogens is 373 g/mol. The topological polar surface area (TPSA) is 99.1 Å². The van der Waals surface area contributed by atoms with Gasteiger partial charge in [-0.15, -0.1) is 11.6 Å². The molecule has 1 amide bonds. The highest BCUT2D eigenvalue weighted by molar-refractivity contribution is 7.92. The average molecular weight is 384 g/mol. The Bertz CT molecular complexity index is 924. The summed E-state index contributed by atoms with van der Waals surface area (Å²) < 4.78 is 27.3. The summed E-state index contributed by atoms with van der Waals surface area (Å²) in [5, 5.41) is 11.6. The quantitative estimate of drug-likeness (QED) is 0.774. The number of carbonyl (C=O) groups excluding carboxylic acids is 1. The Kier molecular flexibility index (Phi) is 5.67. The molecule has 0 atom stereocenters. The number of rotatable bonds is 5. The molecule has 0 aliphatic heterocycles. The average Bonchev–Trinajstić information content (AvgIpc) is 2.57. The number of nitrogens with zero attached hydrogens (tertiary/aromatic N) is 1. The van der Waals surface area contributed by atoms with Gasteiger partial charge in [0.15, 0.2) is 0 Å². The van der Waals surface area contributed by atoms with E-state index in [1.165, 1.54) is 42.5 Å². The fraction of sp³-hybridized carbons (Fsp3) is 0.0667. The highest BCUT2D eigenvalue weighted by Gasteiger charge is 2.17. The molecule has 0 saturated heterocycles. The van der Waals surface area contributed by atoms with E-state index in [-0.39, 0.29) is 32.7 Å². The van der Waals surface area contributed by atoms with Gasteiger partial charge < -0.3 is 5.32 Å². The monoisotopic (exact) mass is 383 g/mol. The van der Waals surface area contributed by atoms with Crippen LogP contribution < -0.4 is 10.0 Å². The minimum absolute atomic E-state index is 0.0864. The lowest BCUT2D eigenvalue weighted by Gasteiger charge is -2.13. The lowest BCUT2D eigenvalue weighted by atomic mass is 10.2. The zero-order chi connectivity index (χ0) is 17.7. The summed E-state index contributed by atoms with van der Waals surface area (Å²) in [6, 6.07) is 11.7. The van der Waals surface area contributed by atoms with Gasteiger partial charge in [0.2, 0.25) is 5.91 Å². The lowest BCUT2D eigenvalue weighted by molar-refractivity contribution is -0.113. The number of sulfonamides is 1. The number of carbonyl (C=O) groups is 1. The summed E-state index contributed by atoms with van der Waals surface area (Å²) in [6.45, 7) is 0. The van der Waals surface area contributed by atoms with Crippen molar-refractivity contribution in [2.24, 2.45) is 0 Å². The van der Waals surface area contributed by atoms with Crippen LogP contribution in [0, 0.1) is 11.3 Å². The number of hydrogen-bond donors (Lipinski definition) is 2. The lowest BCUT2D eigenvalue weighted by Crippen LogP contribution is -2.17. The van der Waals surface area contributed by atoms with Gasteiger partial charge >= 0.3 is 0 Å². The Morgan fingerprint density at radius 2 is 1.92 bits per heavy atom. The first-order valence-electron chi connectivity index (χ1n) is 6.54. The maximum absolute atomic E-state index is 12.5. The fourth-order valence-corrected chi connectivity index (χ4v) is 3.19. The molecule has 124 valence electrons. The molecule has 0 unspecified atom stereocenters. The van der Waals surface area contributed by atoms with Gasteiger partial charge in [-0.3, -0.25) is 9.52 Å². The van der Waals surface area contributed by atoms with Gasteiger partial charge in [-0.05, 0) is 36.4 Å². The van der Waals surface area contributed by atoms with E-state index in [1.807, 2.05) is 6.07 Å². The van der Waals surface area contributed by atoms with Crippen molar-refractivity contribution >= 4 is 50.5 Å². The smallest absolute Gasteiger partial charge is 0.262 e. The van der Waals surface area contributed by atoms with E-state index in [9.17, 15) is 13.2 Å². The summed E-state index contributed by atoms with van der Waals surface area (Å²) in [7, 11) is -3.97. The molecule has 0 fully saturated rings.